The molecule has 3 nitrogen and oxygen atoms in total. The highest BCUT2D eigenvalue weighted by molar-refractivity contribution is 5.77. The van der Waals surface area contributed by atoms with Crippen molar-refractivity contribution < 1.29 is 0 Å². The number of nitrogens with two attached hydrogens (primary N) is 1. The number of guanidine groups is 1. The van der Waals surface area contributed by atoms with Crippen molar-refractivity contribution in [2.45, 2.75) is 40.5 Å². The van der Waals surface area contributed by atoms with Crippen molar-refractivity contribution in [1.29, 1.82) is 0 Å². The largest absolute Gasteiger partial charge is 0.370 e. The molecule has 0 aliphatic heterocycles. The molecule has 0 bridgehead atoms. The minimum Gasteiger partial charge on any atom is -0.370 e. The summed E-state index contributed by atoms with van der Waals surface area (Å²) in [7, 11) is 0. The fourth-order valence-electron chi connectivity index (χ4n) is 1.95. The van der Waals surface area contributed by atoms with Gasteiger partial charge in [-0.15, -0.1) is 0 Å². The van der Waals surface area contributed by atoms with Crippen LogP contribution in [0.15, 0.2) is 23.2 Å². The van der Waals surface area contributed by atoms with Crippen LogP contribution in [0.3, 0.4) is 0 Å². The summed E-state index contributed by atoms with van der Waals surface area (Å²) in [4.78, 5) is 4.32. The van der Waals surface area contributed by atoms with Gasteiger partial charge in [0.25, 0.3) is 0 Å². The van der Waals surface area contributed by atoms with E-state index in [0.29, 0.717) is 11.9 Å². The van der Waals surface area contributed by atoms with E-state index in [1.807, 2.05) is 0 Å². The SMILES string of the molecule is Cc1ccc(CCNC(N)=NCCC(C)C)c(C)c1. The molecule has 0 spiro atoms. The van der Waals surface area contributed by atoms with E-state index in [4.69, 9.17) is 5.73 Å². The van der Waals surface area contributed by atoms with Gasteiger partial charge in [0.05, 0.1) is 0 Å². The Kier molecular flexibility index (Phi) is 6.40. The molecule has 1 rings (SSSR count). The highest BCUT2D eigenvalue weighted by atomic mass is 15.1. The number of benzene rings is 1. The fraction of sp³-hybridized carbons (Fsp3) is 0.562. The lowest BCUT2D eigenvalue weighted by molar-refractivity contribution is 0.595. The van der Waals surface area contributed by atoms with E-state index in [1.54, 1.807) is 0 Å². The van der Waals surface area contributed by atoms with Gasteiger partial charge in [-0.05, 0) is 43.7 Å². The fourth-order valence-corrected chi connectivity index (χ4v) is 1.95. The van der Waals surface area contributed by atoms with E-state index in [2.05, 4.69) is 56.2 Å². The number of nitrogens with one attached hydrogen (secondary N) is 1. The Balaban J connectivity index is 2.33. The summed E-state index contributed by atoms with van der Waals surface area (Å²) in [6.45, 7) is 10.3. The molecule has 3 heteroatoms. The highest BCUT2D eigenvalue weighted by Crippen LogP contribution is 2.10. The monoisotopic (exact) mass is 261 g/mol. The lowest BCUT2D eigenvalue weighted by Crippen LogP contribution is -2.33. The molecule has 0 aliphatic rings. The van der Waals surface area contributed by atoms with Gasteiger partial charge in [0.2, 0.25) is 0 Å². The van der Waals surface area contributed by atoms with Gasteiger partial charge in [0, 0.05) is 13.1 Å². The van der Waals surface area contributed by atoms with Gasteiger partial charge >= 0.3 is 0 Å². The third kappa shape index (κ3) is 6.27. The second kappa shape index (κ2) is 7.82. The molecule has 1 aromatic carbocycles. The zero-order valence-electron chi connectivity index (χ0n) is 12.7. The molecule has 0 heterocycles. The minimum absolute atomic E-state index is 0.561. The highest BCUT2D eigenvalue weighted by Gasteiger charge is 1.99. The summed E-state index contributed by atoms with van der Waals surface area (Å²) in [6, 6.07) is 6.57. The minimum atomic E-state index is 0.561. The van der Waals surface area contributed by atoms with Crippen molar-refractivity contribution in [2.24, 2.45) is 16.6 Å². The van der Waals surface area contributed by atoms with Crippen molar-refractivity contribution in [1.82, 2.24) is 5.32 Å². The van der Waals surface area contributed by atoms with Crippen LogP contribution in [0.2, 0.25) is 0 Å². The van der Waals surface area contributed by atoms with Gasteiger partial charge in [-0.1, -0.05) is 37.6 Å². The molecule has 3 N–H and O–H groups in total. The Morgan fingerprint density at radius 1 is 1.32 bits per heavy atom. The first-order valence-corrected chi connectivity index (χ1v) is 7.09. The molecular weight excluding hydrogens is 234 g/mol. The molecule has 19 heavy (non-hydrogen) atoms. The molecule has 0 saturated carbocycles. The van der Waals surface area contributed by atoms with E-state index in [9.17, 15) is 0 Å². The number of aliphatic imine (C=N–C) groups is 1. The third-order valence-corrected chi connectivity index (χ3v) is 3.19. The average Bonchev–Trinajstić information content (AvgIpc) is 2.31. The van der Waals surface area contributed by atoms with E-state index >= 15 is 0 Å². The van der Waals surface area contributed by atoms with E-state index in [-0.39, 0.29) is 0 Å². The van der Waals surface area contributed by atoms with Gasteiger partial charge in [0.1, 0.15) is 0 Å². The van der Waals surface area contributed by atoms with Crippen molar-refractivity contribution in [2.75, 3.05) is 13.1 Å². The number of hydrogen-bond donors (Lipinski definition) is 2. The number of hydrogen-bond acceptors (Lipinski definition) is 1. The van der Waals surface area contributed by atoms with Crippen LogP contribution in [-0.2, 0) is 6.42 Å². The number of rotatable bonds is 6. The van der Waals surface area contributed by atoms with E-state index in [0.717, 1.165) is 25.9 Å². The molecule has 0 atom stereocenters. The lowest BCUT2D eigenvalue weighted by atomic mass is 10.0. The van der Waals surface area contributed by atoms with Crippen molar-refractivity contribution >= 4 is 5.96 Å². The molecule has 0 radical (unpaired) electrons. The maximum atomic E-state index is 5.83. The Morgan fingerprint density at radius 2 is 2.05 bits per heavy atom. The first-order chi connectivity index (χ1) is 8.99. The van der Waals surface area contributed by atoms with E-state index < -0.39 is 0 Å². The van der Waals surface area contributed by atoms with Crippen LogP contribution in [0.5, 0.6) is 0 Å². The first kappa shape index (κ1) is 15.5. The Labute approximate surface area is 117 Å². The normalized spacial score (nSPS) is 11.9. The molecule has 0 amide bonds. The topological polar surface area (TPSA) is 50.4 Å². The van der Waals surface area contributed by atoms with Crippen LogP contribution in [0.25, 0.3) is 0 Å². The number of nitrogens with zero attached hydrogens (tertiary/aromatic N) is 1. The molecule has 0 saturated heterocycles. The standard InChI is InChI=1S/C16H27N3/c1-12(2)7-9-18-16(17)19-10-8-15-6-5-13(3)11-14(15)4/h5-6,11-12H,7-10H2,1-4H3,(H3,17,18,19). The van der Waals surface area contributed by atoms with Gasteiger partial charge in [0.15, 0.2) is 5.96 Å². The predicted molar refractivity (Wildman–Crippen MR) is 83.6 cm³/mol. The Morgan fingerprint density at radius 3 is 2.68 bits per heavy atom. The maximum Gasteiger partial charge on any atom is 0.188 e. The van der Waals surface area contributed by atoms with Crippen LogP contribution in [0.4, 0.5) is 0 Å². The maximum absolute atomic E-state index is 5.83. The van der Waals surface area contributed by atoms with Crippen LogP contribution in [-0.4, -0.2) is 19.0 Å². The molecule has 106 valence electrons. The second-order valence-electron chi connectivity index (χ2n) is 5.56. The Hall–Kier alpha value is -1.51. The predicted octanol–water partition coefficient (Wildman–Crippen LogP) is 2.80. The van der Waals surface area contributed by atoms with Gasteiger partial charge in [-0.3, -0.25) is 4.99 Å². The molecule has 0 aliphatic carbocycles. The van der Waals surface area contributed by atoms with Crippen molar-refractivity contribution in [3.63, 3.8) is 0 Å². The average molecular weight is 261 g/mol. The van der Waals surface area contributed by atoms with Crippen molar-refractivity contribution in [3.05, 3.63) is 34.9 Å². The molecule has 1 aromatic rings. The van der Waals surface area contributed by atoms with Gasteiger partial charge in [-0.25, -0.2) is 0 Å². The second-order valence-corrected chi connectivity index (χ2v) is 5.56. The quantitative estimate of drug-likeness (QED) is 0.611. The lowest BCUT2D eigenvalue weighted by Gasteiger charge is -2.09. The summed E-state index contributed by atoms with van der Waals surface area (Å²) in [5.74, 6) is 1.23. The smallest absolute Gasteiger partial charge is 0.188 e. The summed E-state index contributed by atoms with van der Waals surface area (Å²) in [5.41, 5.74) is 9.85. The Bertz CT molecular complexity index is 422. The van der Waals surface area contributed by atoms with Crippen LogP contribution >= 0.6 is 0 Å². The molecule has 0 fully saturated rings. The number of aryl methyl sites for hydroxylation is 2. The van der Waals surface area contributed by atoms with Crippen molar-refractivity contribution in [3.8, 4) is 0 Å². The third-order valence-electron chi connectivity index (χ3n) is 3.19. The van der Waals surface area contributed by atoms with Crippen LogP contribution in [0, 0.1) is 19.8 Å². The molecule has 0 aromatic heterocycles. The summed E-state index contributed by atoms with van der Waals surface area (Å²) in [5, 5.41) is 3.17. The summed E-state index contributed by atoms with van der Waals surface area (Å²) < 4.78 is 0. The zero-order chi connectivity index (χ0) is 14.3. The van der Waals surface area contributed by atoms with E-state index in [1.165, 1.54) is 16.7 Å². The summed E-state index contributed by atoms with van der Waals surface area (Å²) in [6.07, 6.45) is 2.06. The molecular formula is C16H27N3. The summed E-state index contributed by atoms with van der Waals surface area (Å²) >= 11 is 0. The first-order valence-electron chi connectivity index (χ1n) is 7.09. The molecule has 0 unspecified atom stereocenters. The van der Waals surface area contributed by atoms with Gasteiger partial charge in [-0.2, -0.15) is 0 Å². The van der Waals surface area contributed by atoms with Crippen LogP contribution < -0.4 is 11.1 Å². The van der Waals surface area contributed by atoms with Crippen LogP contribution in [0.1, 0.15) is 37.0 Å². The zero-order valence-corrected chi connectivity index (χ0v) is 12.7. The van der Waals surface area contributed by atoms with Gasteiger partial charge < -0.3 is 11.1 Å².